The maximum absolute atomic E-state index is 6.02. The van der Waals surface area contributed by atoms with Crippen LogP contribution in [-0.4, -0.2) is 39.5 Å². The van der Waals surface area contributed by atoms with E-state index in [2.05, 4.69) is 25.7 Å². The van der Waals surface area contributed by atoms with Gasteiger partial charge in [-0.05, 0) is 43.6 Å². The lowest BCUT2D eigenvalue weighted by atomic mass is 9.97. The Balaban J connectivity index is 1.36. The highest BCUT2D eigenvalue weighted by molar-refractivity contribution is 5.38. The first-order valence-electron chi connectivity index (χ1n) is 9.51. The van der Waals surface area contributed by atoms with E-state index in [-0.39, 0.29) is 0 Å². The summed E-state index contributed by atoms with van der Waals surface area (Å²) in [6.07, 6.45) is 11.2. The fraction of sp³-hybridized carbons (Fsp3) is 0.632. The van der Waals surface area contributed by atoms with Crippen LogP contribution in [0.25, 0.3) is 0 Å². The van der Waals surface area contributed by atoms with Crippen LogP contribution in [0.5, 0.6) is 0 Å². The molecule has 0 saturated heterocycles. The molecule has 1 atom stereocenters. The van der Waals surface area contributed by atoms with Crippen molar-refractivity contribution in [1.29, 1.82) is 0 Å². The molecule has 2 aliphatic carbocycles. The van der Waals surface area contributed by atoms with E-state index in [1.54, 1.807) is 0 Å². The first-order chi connectivity index (χ1) is 12.3. The topological polar surface area (TPSA) is 56.1 Å². The molecule has 0 amide bonds. The van der Waals surface area contributed by atoms with Gasteiger partial charge in [0, 0.05) is 56.3 Å². The van der Waals surface area contributed by atoms with Gasteiger partial charge in [-0.1, -0.05) is 0 Å². The van der Waals surface area contributed by atoms with Crippen molar-refractivity contribution in [3.8, 4) is 0 Å². The lowest BCUT2D eigenvalue weighted by Crippen LogP contribution is -2.36. The van der Waals surface area contributed by atoms with Gasteiger partial charge in [0.1, 0.15) is 0 Å². The number of fused-ring (bicyclic) bond motifs is 1. The first-order valence-corrected chi connectivity index (χ1v) is 9.51. The van der Waals surface area contributed by atoms with Crippen molar-refractivity contribution in [2.24, 2.45) is 11.8 Å². The summed E-state index contributed by atoms with van der Waals surface area (Å²) < 4.78 is 8.18. The Morgan fingerprint density at radius 3 is 2.60 bits per heavy atom. The SMILES string of the molecule is c1cnc(N2Cc3cn(CC4CC4)nc3C(COCC3CC3)C2)nc1. The van der Waals surface area contributed by atoms with Gasteiger partial charge in [-0.15, -0.1) is 0 Å². The van der Waals surface area contributed by atoms with Gasteiger partial charge in [0.25, 0.3) is 0 Å². The third kappa shape index (κ3) is 3.54. The number of hydrogen-bond donors (Lipinski definition) is 0. The fourth-order valence-corrected chi connectivity index (χ4v) is 3.62. The number of ether oxygens (including phenoxy) is 1. The van der Waals surface area contributed by atoms with Crippen molar-refractivity contribution in [1.82, 2.24) is 19.7 Å². The standard InChI is InChI=1S/C19H25N5O/c1-6-20-19(21-7-1)23-9-16-11-24(8-14-2-3-14)22-18(16)17(10-23)13-25-12-15-4-5-15/h1,6-7,11,14-15,17H,2-5,8-10,12-13H2. The fourth-order valence-electron chi connectivity index (χ4n) is 3.62. The summed E-state index contributed by atoms with van der Waals surface area (Å²) in [4.78, 5) is 11.1. The molecule has 2 aromatic rings. The molecule has 2 fully saturated rings. The summed E-state index contributed by atoms with van der Waals surface area (Å²) in [5.74, 6) is 2.73. The van der Waals surface area contributed by atoms with E-state index in [1.807, 2.05) is 18.5 Å². The summed E-state index contributed by atoms with van der Waals surface area (Å²) in [7, 11) is 0. The zero-order valence-corrected chi connectivity index (χ0v) is 14.5. The van der Waals surface area contributed by atoms with Crippen LogP contribution in [0.1, 0.15) is 42.9 Å². The maximum atomic E-state index is 6.02. The molecule has 1 aliphatic heterocycles. The highest BCUT2D eigenvalue weighted by Gasteiger charge is 2.32. The summed E-state index contributed by atoms with van der Waals surface area (Å²) >= 11 is 0. The summed E-state index contributed by atoms with van der Waals surface area (Å²) in [5, 5.41) is 4.92. The van der Waals surface area contributed by atoms with Crippen molar-refractivity contribution in [2.45, 2.75) is 44.7 Å². The van der Waals surface area contributed by atoms with Gasteiger partial charge in [0.05, 0.1) is 12.3 Å². The lowest BCUT2D eigenvalue weighted by Gasteiger charge is -2.31. The molecule has 0 bridgehead atoms. The minimum absolute atomic E-state index is 0.298. The van der Waals surface area contributed by atoms with Crippen LogP contribution in [0.2, 0.25) is 0 Å². The average Bonchev–Trinajstić information content (AvgIpc) is 3.55. The van der Waals surface area contributed by atoms with E-state index in [0.717, 1.165) is 50.6 Å². The smallest absolute Gasteiger partial charge is 0.225 e. The van der Waals surface area contributed by atoms with E-state index < -0.39 is 0 Å². The highest BCUT2D eigenvalue weighted by atomic mass is 16.5. The number of hydrogen-bond acceptors (Lipinski definition) is 5. The normalized spacial score (nSPS) is 22.9. The van der Waals surface area contributed by atoms with Gasteiger partial charge in [0.15, 0.2) is 0 Å². The number of anilines is 1. The molecular formula is C19H25N5O. The first kappa shape index (κ1) is 15.3. The predicted molar refractivity (Wildman–Crippen MR) is 94.3 cm³/mol. The Labute approximate surface area is 148 Å². The number of rotatable bonds is 7. The van der Waals surface area contributed by atoms with Crippen molar-refractivity contribution in [3.63, 3.8) is 0 Å². The van der Waals surface area contributed by atoms with Crippen molar-refractivity contribution in [2.75, 3.05) is 24.7 Å². The summed E-state index contributed by atoms with van der Waals surface area (Å²) in [5.41, 5.74) is 2.53. The predicted octanol–water partition coefficient (Wildman–Crippen LogP) is 2.61. The number of aromatic nitrogens is 4. The van der Waals surface area contributed by atoms with Gasteiger partial charge in [-0.3, -0.25) is 4.68 Å². The molecule has 3 heterocycles. The van der Waals surface area contributed by atoms with Gasteiger partial charge in [-0.25, -0.2) is 9.97 Å². The largest absolute Gasteiger partial charge is 0.380 e. The molecule has 25 heavy (non-hydrogen) atoms. The van der Waals surface area contributed by atoms with Gasteiger partial charge < -0.3 is 9.64 Å². The van der Waals surface area contributed by atoms with Crippen LogP contribution in [0, 0.1) is 11.8 Å². The third-order valence-electron chi connectivity index (χ3n) is 5.41. The molecule has 5 rings (SSSR count). The highest BCUT2D eigenvalue weighted by Crippen LogP contribution is 2.34. The van der Waals surface area contributed by atoms with Crippen LogP contribution in [0.15, 0.2) is 24.7 Å². The molecular weight excluding hydrogens is 314 g/mol. The molecule has 6 heteroatoms. The molecule has 2 aromatic heterocycles. The second-order valence-corrected chi connectivity index (χ2v) is 7.81. The quantitative estimate of drug-likeness (QED) is 0.776. The van der Waals surface area contributed by atoms with Crippen LogP contribution >= 0.6 is 0 Å². The molecule has 1 unspecified atom stereocenters. The van der Waals surface area contributed by atoms with Crippen LogP contribution in [0.4, 0.5) is 5.95 Å². The Hall–Kier alpha value is -1.95. The molecule has 0 N–H and O–H groups in total. The van der Waals surface area contributed by atoms with Gasteiger partial charge in [0.2, 0.25) is 5.95 Å². The minimum atomic E-state index is 0.298. The maximum Gasteiger partial charge on any atom is 0.225 e. The molecule has 132 valence electrons. The molecule has 0 aromatic carbocycles. The van der Waals surface area contributed by atoms with E-state index in [4.69, 9.17) is 9.84 Å². The van der Waals surface area contributed by atoms with Gasteiger partial charge in [-0.2, -0.15) is 5.10 Å². The summed E-state index contributed by atoms with van der Waals surface area (Å²) in [6, 6.07) is 1.86. The van der Waals surface area contributed by atoms with Crippen molar-refractivity contribution < 1.29 is 4.74 Å². The molecule has 0 spiro atoms. The molecule has 6 nitrogen and oxygen atoms in total. The Morgan fingerprint density at radius 1 is 1.04 bits per heavy atom. The average molecular weight is 339 g/mol. The van der Waals surface area contributed by atoms with E-state index in [9.17, 15) is 0 Å². The molecule has 3 aliphatic rings. The minimum Gasteiger partial charge on any atom is -0.380 e. The van der Waals surface area contributed by atoms with Crippen molar-refractivity contribution >= 4 is 5.95 Å². The zero-order valence-electron chi connectivity index (χ0n) is 14.5. The third-order valence-corrected chi connectivity index (χ3v) is 5.41. The Kier molecular flexibility index (Phi) is 3.93. The molecule has 2 saturated carbocycles. The Bertz CT molecular complexity index is 723. The van der Waals surface area contributed by atoms with Crippen molar-refractivity contribution in [3.05, 3.63) is 35.9 Å². The van der Waals surface area contributed by atoms with E-state index in [0.29, 0.717) is 5.92 Å². The van der Waals surface area contributed by atoms with Crippen LogP contribution in [-0.2, 0) is 17.8 Å². The Morgan fingerprint density at radius 2 is 1.84 bits per heavy atom. The van der Waals surface area contributed by atoms with Crippen LogP contribution < -0.4 is 4.90 Å². The van der Waals surface area contributed by atoms with Crippen LogP contribution in [0.3, 0.4) is 0 Å². The number of nitrogens with zero attached hydrogens (tertiary/aromatic N) is 5. The lowest BCUT2D eigenvalue weighted by molar-refractivity contribution is 0.109. The second kappa shape index (κ2) is 6.41. The van der Waals surface area contributed by atoms with E-state index in [1.165, 1.54) is 36.9 Å². The monoisotopic (exact) mass is 339 g/mol. The summed E-state index contributed by atoms with van der Waals surface area (Å²) in [6.45, 7) is 4.42. The van der Waals surface area contributed by atoms with E-state index >= 15 is 0 Å². The molecule has 0 radical (unpaired) electrons. The second-order valence-electron chi connectivity index (χ2n) is 7.81. The zero-order chi connectivity index (χ0) is 16.6. The van der Waals surface area contributed by atoms with Gasteiger partial charge >= 0.3 is 0 Å².